The highest BCUT2D eigenvalue weighted by Crippen LogP contribution is 2.32. The van der Waals surface area contributed by atoms with E-state index in [9.17, 15) is 0 Å². The number of benzene rings is 1. The lowest BCUT2D eigenvalue weighted by Gasteiger charge is -2.03. The van der Waals surface area contributed by atoms with Crippen LogP contribution >= 0.6 is 27.7 Å². The number of thioether (sulfide) groups is 1. The summed E-state index contributed by atoms with van der Waals surface area (Å²) in [6.45, 7) is 0. The zero-order chi connectivity index (χ0) is 10.8. The molecular formula is C10H9BrN2OS. The van der Waals surface area contributed by atoms with E-state index in [2.05, 4.69) is 21.1 Å². The molecule has 5 heteroatoms. The van der Waals surface area contributed by atoms with Crippen molar-refractivity contribution in [1.29, 1.82) is 0 Å². The minimum Gasteiger partial charge on any atom is -0.367 e. The Labute approximate surface area is 100 Å². The fourth-order valence-electron chi connectivity index (χ4n) is 1.30. The number of aromatic nitrogens is 1. The third-order valence-electron chi connectivity index (χ3n) is 2.06. The van der Waals surface area contributed by atoms with Crippen LogP contribution in [0.2, 0.25) is 0 Å². The summed E-state index contributed by atoms with van der Waals surface area (Å²) in [5, 5.41) is 3.65. The van der Waals surface area contributed by atoms with E-state index in [1.165, 1.54) is 4.90 Å². The molecule has 0 amide bonds. The Morgan fingerprint density at radius 2 is 2.27 bits per heavy atom. The van der Waals surface area contributed by atoms with Crippen LogP contribution < -0.4 is 5.73 Å². The maximum absolute atomic E-state index is 5.64. The summed E-state index contributed by atoms with van der Waals surface area (Å²) >= 11 is 5.19. The van der Waals surface area contributed by atoms with Crippen molar-refractivity contribution in [2.24, 2.45) is 0 Å². The summed E-state index contributed by atoms with van der Waals surface area (Å²) in [4.78, 5) is 1.19. The molecule has 0 atom stereocenters. The van der Waals surface area contributed by atoms with Crippen molar-refractivity contribution in [2.75, 3.05) is 12.0 Å². The van der Waals surface area contributed by atoms with Crippen molar-refractivity contribution in [3.8, 4) is 11.1 Å². The van der Waals surface area contributed by atoms with Crippen LogP contribution in [-0.4, -0.2) is 11.4 Å². The Morgan fingerprint density at radius 3 is 2.80 bits per heavy atom. The molecular weight excluding hydrogens is 276 g/mol. The first-order chi connectivity index (χ1) is 7.22. The van der Waals surface area contributed by atoms with Gasteiger partial charge in [-0.05, 0) is 39.9 Å². The number of nitrogen functional groups attached to an aromatic ring is 1. The van der Waals surface area contributed by atoms with E-state index in [0.29, 0.717) is 5.88 Å². The van der Waals surface area contributed by atoms with Crippen LogP contribution in [0.25, 0.3) is 11.1 Å². The van der Waals surface area contributed by atoms with Crippen molar-refractivity contribution in [1.82, 2.24) is 5.16 Å². The monoisotopic (exact) mass is 284 g/mol. The van der Waals surface area contributed by atoms with Gasteiger partial charge in [0.1, 0.15) is 0 Å². The highest BCUT2D eigenvalue weighted by molar-refractivity contribution is 9.10. The average Bonchev–Trinajstić information content (AvgIpc) is 2.64. The fraction of sp³-hybridized carbons (Fsp3) is 0.100. The maximum atomic E-state index is 5.64. The molecule has 1 heterocycles. The molecule has 2 N–H and O–H groups in total. The van der Waals surface area contributed by atoms with Crippen LogP contribution in [0.15, 0.2) is 38.3 Å². The highest BCUT2D eigenvalue weighted by Gasteiger charge is 2.08. The third kappa shape index (κ3) is 2.03. The quantitative estimate of drug-likeness (QED) is 0.859. The van der Waals surface area contributed by atoms with Gasteiger partial charge in [0, 0.05) is 9.37 Å². The molecule has 0 aliphatic rings. The van der Waals surface area contributed by atoms with Gasteiger partial charge in [0.25, 0.3) is 0 Å². The van der Waals surface area contributed by atoms with Gasteiger partial charge in [-0.15, -0.1) is 11.8 Å². The van der Waals surface area contributed by atoms with Gasteiger partial charge in [0.2, 0.25) is 5.88 Å². The maximum Gasteiger partial charge on any atom is 0.229 e. The highest BCUT2D eigenvalue weighted by atomic mass is 79.9. The van der Waals surface area contributed by atoms with Crippen molar-refractivity contribution in [3.05, 3.63) is 28.9 Å². The van der Waals surface area contributed by atoms with Gasteiger partial charge in [0.15, 0.2) is 0 Å². The molecule has 0 saturated carbocycles. The lowest BCUT2D eigenvalue weighted by atomic mass is 10.1. The molecule has 1 aromatic heterocycles. The fourth-order valence-corrected chi connectivity index (χ4v) is 2.62. The molecule has 0 aliphatic carbocycles. The number of nitrogens with zero attached hydrogens (tertiary/aromatic N) is 1. The second kappa shape index (κ2) is 4.28. The van der Waals surface area contributed by atoms with Crippen LogP contribution in [0.1, 0.15) is 0 Å². The van der Waals surface area contributed by atoms with Gasteiger partial charge >= 0.3 is 0 Å². The van der Waals surface area contributed by atoms with E-state index in [0.717, 1.165) is 15.6 Å². The first kappa shape index (κ1) is 10.6. The standard InChI is InChI=1S/C10H9BrN2OS/c1-15-9-3-2-6(4-8(9)11)7-5-13-14-10(7)12/h2-5H,12H2,1H3. The Morgan fingerprint density at radius 1 is 1.47 bits per heavy atom. The third-order valence-corrected chi connectivity index (χ3v) is 3.78. The lowest BCUT2D eigenvalue weighted by molar-refractivity contribution is 0.436. The normalized spacial score (nSPS) is 10.5. The minimum atomic E-state index is 0.346. The van der Waals surface area contributed by atoms with Crippen LogP contribution in [-0.2, 0) is 0 Å². The molecule has 0 bridgehead atoms. The molecule has 15 heavy (non-hydrogen) atoms. The number of hydrogen-bond acceptors (Lipinski definition) is 4. The molecule has 0 spiro atoms. The van der Waals surface area contributed by atoms with Gasteiger partial charge in [-0.3, -0.25) is 0 Å². The summed E-state index contributed by atoms with van der Waals surface area (Å²) in [5.41, 5.74) is 7.46. The largest absolute Gasteiger partial charge is 0.367 e. The predicted molar refractivity (Wildman–Crippen MR) is 65.8 cm³/mol. The molecule has 78 valence electrons. The van der Waals surface area contributed by atoms with E-state index >= 15 is 0 Å². The van der Waals surface area contributed by atoms with Crippen LogP contribution in [0.4, 0.5) is 5.88 Å². The van der Waals surface area contributed by atoms with E-state index in [-0.39, 0.29) is 0 Å². The van der Waals surface area contributed by atoms with E-state index in [4.69, 9.17) is 10.3 Å². The second-order valence-corrected chi connectivity index (χ2v) is 4.66. The second-order valence-electron chi connectivity index (χ2n) is 2.95. The van der Waals surface area contributed by atoms with E-state index in [1.807, 2.05) is 24.5 Å². The molecule has 2 aromatic rings. The Bertz CT molecular complexity index is 484. The topological polar surface area (TPSA) is 52.0 Å². The van der Waals surface area contributed by atoms with Gasteiger partial charge in [-0.1, -0.05) is 11.2 Å². The van der Waals surface area contributed by atoms with E-state index in [1.54, 1.807) is 18.0 Å². The molecule has 0 unspecified atom stereocenters. The number of nitrogens with two attached hydrogens (primary N) is 1. The van der Waals surface area contributed by atoms with Crippen molar-refractivity contribution in [2.45, 2.75) is 4.90 Å². The van der Waals surface area contributed by atoms with Gasteiger partial charge < -0.3 is 10.3 Å². The first-order valence-corrected chi connectivity index (χ1v) is 6.28. The number of halogens is 1. The van der Waals surface area contributed by atoms with Gasteiger partial charge in [-0.2, -0.15) is 0 Å². The molecule has 0 fully saturated rings. The van der Waals surface area contributed by atoms with Crippen LogP contribution in [0.5, 0.6) is 0 Å². The Balaban J connectivity index is 2.47. The number of hydrogen-bond donors (Lipinski definition) is 1. The SMILES string of the molecule is CSc1ccc(-c2cnoc2N)cc1Br. The number of anilines is 1. The summed E-state index contributed by atoms with van der Waals surface area (Å²) in [7, 11) is 0. The summed E-state index contributed by atoms with van der Waals surface area (Å²) in [5.74, 6) is 0.346. The Hall–Kier alpha value is -0.940. The van der Waals surface area contributed by atoms with Gasteiger partial charge in [-0.25, -0.2) is 0 Å². The van der Waals surface area contributed by atoms with Crippen molar-refractivity contribution >= 4 is 33.6 Å². The number of rotatable bonds is 2. The molecule has 0 aliphatic heterocycles. The smallest absolute Gasteiger partial charge is 0.229 e. The predicted octanol–water partition coefficient (Wildman–Crippen LogP) is 3.41. The van der Waals surface area contributed by atoms with Crippen LogP contribution in [0, 0.1) is 0 Å². The van der Waals surface area contributed by atoms with E-state index < -0.39 is 0 Å². The zero-order valence-electron chi connectivity index (χ0n) is 8.03. The summed E-state index contributed by atoms with van der Waals surface area (Å²) in [6.07, 6.45) is 3.66. The average molecular weight is 285 g/mol. The summed E-state index contributed by atoms with van der Waals surface area (Å²) in [6, 6.07) is 6.05. The molecule has 0 saturated heterocycles. The molecule has 2 rings (SSSR count). The van der Waals surface area contributed by atoms with Gasteiger partial charge in [0.05, 0.1) is 11.8 Å². The zero-order valence-corrected chi connectivity index (χ0v) is 10.4. The van der Waals surface area contributed by atoms with Crippen LogP contribution in [0.3, 0.4) is 0 Å². The molecule has 0 radical (unpaired) electrons. The van der Waals surface area contributed by atoms with Crippen molar-refractivity contribution in [3.63, 3.8) is 0 Å². The molecule has 1 aromatic carbocycles. The minimum absolute atomic E-state index is 0.346. The first-order valence-electron chi connectivity index (χ1n) is 4.26. The molecule has 3 nitrogen and oxygen atoms in total. The lowest BCUT2D eigenvalue weighted by Crippen LogP contribution is -1.85. The van der Waals surface area contributed by atoms with Crippen molar-refractivity contribution < 1.29 is 4.52 Å². The Kier molecular flexibility index (Phi) is 3.02. The summed E-state index contributed by atoms with van der Waals surface area (Å²) < 4.78 is 5.87.